The maximum absolute atomic E-state index is 13.7. The molecule has 276 valence electrons. The summed E-state index contributed by atoms with van der Waals surface area (Å²) in [5, 5.41) is 27.2. The van der Waals surface area contributed by atoms with Gasteiger partial charge < -0.3 is 14.2 Å². The van der Waals surface area contributed by atoms with E-state index < -0.39 is 35.7 Å². The summed E-state index contributed by atoms with van der Waals surface area (Å²) in [6, 6.07) is 36.5. The average molecular weight is 751 g/mol. The molecule has 0 radical (unpaired) electrons. The fraction of sp³-hybridized carbons (Fsp3) is 0.133. The molecular formula is C45H30N6O6. The zero-order chi connectivity index (χ0) is 39.7. The van der Waals surface area contributed by atoms with E-state index in [9.17, 15) is 14.4 Å². The Morgan fingerprint density at radius 2 is 0.684 bits per heavy atom. The standard InChI is InChI=1S/C45H30N6O6/c46-22-28-1-16-40(49-25-28)31-4-10-37(11-5-31)55-43(52)34-19-35(44(53)56-38-12-6-32(7-13-38)41-17-2-29(23-47)26-50-41)21-36(20-34)45(54)57-39-14-8-33(9-15-39)42-18-3-30(24-48)27-51-42/h1-18,25-27,34-36H,19-21H2. The zero-order valence-electron chi connectivity index (χ0n) is 30.1. The Bertz CT molecular complexity index is 2240. The molecule has 0 unspecified atom stereocenters. The number of hydrogen-bond donors (Lipinski definition) is 0. The summed E-state index contributed by atoms with van der Waals surface area (Å²) in [5.74, 6) is -3.48. The van der Waals surface area contributed by atoms with Crippen molar-refractivity contribution in [3.8, 4) is 69.2 Å². The molecule has 1 fully saturated rings. The number of ether oxygens (including phenoxy) is 3. The van der Waals surface area contributed by atoms with Gasteiger partial charge in [-0.2, -0.15) is 15.8 Å². The van der Waals surface area contributed by atoms with Crippen LogP contribution in [0.3, 0.4) is 0 Å². The molecule has 0 N–H and O–H groups in total. The van der Waals surface area contributed by atoms with Gasteiger partial charge in [0.25, 0.3) is 0 Å². The third-order valence-corrected chi connectivity index (χ3v) is 9.49. The number of carbonyl (C=O) groups is 3. The van der Waals surface area contributed by atoms with Crippen molar-refractivity contribution in [2.24, 2.45) is 17.8 Å². The van der Waals surface area contributed by atoms with E-state index in [0.29, 0.717) is 33.8 Å². The number of nitrogens with zero attached hydrogens (tertiary/aromatic N) is 6. The first-order valence-electron chi connectivity index (χ1n) is 17.8. The Kier molecular flexibility index (Phi) is 11.1. The lowest BCUT2D eigenvalue weighted by Crippen LogP contribution is -2.39. The maximum Gasteiger partial charge on any atom is 0.314 e. The number of pyridine rings is 3. The molecule has 0 atom stereocenters. The summed E-state index contributed by atoms with van der Waals surface area (Å²) in [7, 11) is 0. The van der Waals surface area contributed by atoms with Gasteiger partial charge in [0.1, 0.15) is 35.5 Å². The molecule has 3 aromatic heterocycles. The quantitative estimate of drug-likeness (QED) is 0.104. The van der Waals surface area contributed by atoms with Gasteiger partial charge in [-0.15, -0.1) is 0 Å². The molecule has 6 aromatic rings. The summed E-state index contributed by atoms with van der Waals surface area (Å²) in [6.45, 7) is 0. The van der Waals surface area contributed by atoms with Crippen LogP contribution in [0.25, 0.3) is 33.8 Å². The minimum absolute atomic E-state index is 0.0915. The highest BCUT2D eigenvalue weighted by atomic mass is 16.5. The fourth-order valence-electron chi connectivity index (χ4n) is 6.47. The first-order valence-corrected chi connectivity index (χ1v) is 17.8. The van der Waals surface area contributed by atoms with Crippen LogP contribution in [-0.2, 0) is 14.4 Å². The number of aromatic nitrogens is 3. The number of nitriles is 3. The highest BCUT2D eigenvalue weighted by Gasteiger charge is 2.41. The second-order valence-electron chi connectivity index (χ2n) is 13.3. The SMILES string of the molecule is N#Cc1ccc(-c2ccc(OC(=O)C3CC(C(=O)Oc4ccc(-c5ccc(C#N)cn5)cc4)CC(C(=O)Oc4ccc(-c5ccc(C#N)cn5)cc4)C3)cc2)nc1. The summed E-state index contributed by atoms with van der Waals surface area (Å²) in [4.78, 5) is 53.9. The molecule has 7 rings (SSSR count). The van der Waals surface area contributed by atoms with Gasteiger partial charge in [-0.25, -0.2) is 0 Å². The van der Waals surface area contributed by atoms with Crippen LogP contribution in [-0.4, -0.2) is 32.9 Å². The molecule has 1 aliphatic carbocycles. The largest absolute Gasteiger partial charge is 0.426 e. The van der Waals surface area contributed by atoms with Crippen molar-refractivity contribution in [2.45, 2.75) is 19.3 Å². The van der Waals surface area contributed by atoms with Crippen molar-refractivity contribution in [1.29, 1.82) is 15.8 Å². The minimum Gasteiger partial charge on any atom is -0.426 e. The van der Waals surface area contributed by atoms with Crippen molar-refractivity contribution in [3.63, 3.8) is 0 Å². The summed E-state index contributed by atoms with van der Waals surface area (Å²) >= 11 is 0. The van der Waals surface area contributed by atoms with Gasteiger partial charge >= 0.3 is 17.9 Å². The number of carbonyl (C=O) groups excluding carboxylic acids is 3. The Hall–Kier alpha value is -8.01. The van der Waals surface area contributed by atoms with Crippen LogP contribution >= 0.6 is 0 Å². The van der Waals surface area contributed by atoms with E-state index in [1.165, 1.54) is 18.6 Å². The Labute approximate surface area is 327 Å². The predicted octanol–water partition coefficient (Wildman–Crippen LogP) is 7.64. The van der Waals surface area contributed by atoms with Crippen LogP contribution in [0.2, 0.25) is 0 Å². The van der Waals surface area contributed by atoms with Crippen LogP contribution < -0.4 is 14.2 Å². The molecule has 0 saturated heterocycles. The van der Waals surface area contributed by atoms with Gasteiger partial charge in [0.05, 0.1) is 51.5 Å². The smallest absolute Gasteiger partial charge is 0.314 e. The Morgan fingerprint density at radius 3 is 0.895 bits per heavy atom. The van der Waals surface area contributed by atoms with Crippen molar-refractivity contribution < 1.29 is 28.6 Å². The lowest BCUT2D eigenvalue weighted by atomic mass is 9.75. The summed E-state index contributed by atoms with van der Waals surface area (Å²) in [5.41, 5.74) is 5.50. The van der Waals surface area contributed by atoms with E-state index >= 15 is 0 Å². The monoisotopic (exact) mass is 750 g/mol. The first-order chi connectivity index (χ1) is 27.8. The third-order valence-electron chi connectivity index (χ3n) is 9.49. The molecule has 0 spiro atoms. The third kappa shape index (κ3) is 9.04. The zero-order valence-corrected chi connectivity index (χ0v) is 30.1. The molecule has 57 heavy (non-hydrogen) atoms. The van der Waals surface area contributed by atoms with Crippen LogP contribution in [0.5, 0.6) is 17.2 Å². The highest BCUT2D eigenvalue weighted by Crippen LogP contribution is 2.37. The van der Waals surface area contributed by atoms with Gasteiger partial charge in [0, 0.05) is 35.3 Å². The van der Waals surface area contributed by atoms with Crippen LogP contribution in [0.15, 0.2) is 128 Å². The minimum atomic E-state index is -0.830. The molecule has 12 nitrogen and oxygen atoms in total. The molecule has 0 bridgehead atoms. The topological polar surface area (TPSA) is 189 Å². The highest BCUT2D eigenvalue weighted by molar-refractivity contribution is 5.83. The predicted molar refractivity (Wildman–Crippen MR) is 204 cm³/mol. The van der Waals surface area contributed by atoms with E-state index in [1.54, 1.807) is 109 Å². The van der Waals surface area contributed by atoms with E-state index in [1.807, 2.05) is 18.2 Å². The van der Waals surface area contributed by atoms with Gasteiger partial charge in [-0.3, -0.25) is 29.3 Å². The summed E-state index contributed by atoms with van der Waals surface area (Å²) < 4.78 is 17.3. The molecule has 0 amide bonds. The van der Waals surface area contributed by atoms with Gasteiger partial charge in [0.15, 0.2) is 0 Å². The summed E-state index contributed by atoms with van der Waals surface area (Å²) in [6.07, 6.45) is 4.70. The van der Waals surface area contributed by atoms with Gasteiger partial charge in [0.2, 0.25) is 0 Å². The molecular weight excluding hydrogens is 721 g/mol. The second kappa shape index (κ2) is 17.0. The van der Waals surface area contributed by atoms with E-state index in [0.717, 1.165) is 16.7 Å². The van der Waals surface area contributed by atoms with Gasteiger partial charge in [-0.1, -0.05) is 0 Å². The van der Waals surface area contributed by atoms with Crippen molar-refractivity contribution >= 4 is 17.9 Å². The lowest BCUT2D eigenvalue weighted by molar-refractivity contribution is -0.150. The molecule has 1 saturated carbocycles. The molecule has 0 aliphatic heterocycles. The molecule has 3 aromatic carbocycles. The van der Waals surface area contributed by atoms with E-state index in [2.05, 4.69) is 15.0 Å². The Morgan fingerprint density at radius 1 is 0.421 bits per heavy atom. The Balaban J connectivity index is 1.05. The normalized spacial score (nSPS) is 15.8. The van der Waals surface area contributed by atoms with Crippen molar-refractivity contribution in [1.82, 2.24) is 15.0 Å². The number of esters is 3. The number of benzene rings is 3. The average Bonchev–Trinajstić information content (AvgIpc) is 3.27. The number of hydrogen-bond acceptors (Lipinski definition) is 12. The van der Waals surface area contributed by atoms with Crippen molar-refractivity contribution in [2.75, 3.05) is 0 Å². The second-order valence-corrected chi connectivity index (χ2v) is 13.3. The van der Waals surface area contributed by atoms with Crippen LogP contribution in [0, 0.1) is 51.7 Å². The van der Waals surface area contributed by atoms with Gasteiger partial charge in [-0.05, 0) is 128 Å². The molecule has 3 heterocycles. The fourth-order valence-corrected chi connectivity index (χ4v) is 6.47. The number of rotatable bonds is 9. The van der Waals surface area contributed by atoms with Crippen LogP contribution in [0.4, 0.5) is 0 Å². The molecule has 1 aliphatic rings. The lowest BCUT2D eigenvalue weighted by Gasteiger charge is -2.31. The molecule has 12 heteroatoms. The van der Waals surface area contributed by atoms with Crippen LogP contribution in [0.1, 0.15) is 36.0 Å². The maximum atomic E-state index is 13.7. The first kappa shape index (κ1) is 37.3. The van der Waals surface area contributed by atoms with E-state index in [-0.39, 0.29) is 36.5 Å². The van der Waals surface area contributed by atoms with Crippen molar-refractivity contribution in [3.05, 3.63) is 144 Å². The van der Waals surface area contributed by atoms with E-state index in [4.69, 9.17) is 30.0 Å².